The number of likely N-dealkylation sites (N-methyl/N-ethyl adjacent to an activating group) is 1. The summed E-state index contributed by atoms with van der Waals surface area (Å²) in [5, 5.41) is 3.99. The van der Waals surface area contributed by atoms with Gasteiger partial charge in [0.15, 0.2) is 6.73 Å². The van der Waals surface area contributed by atoms with Gasteiger partial charge in [-0.1, -0.05) is 35.3 Å². The minimum Gasteiger partial charge on any atom is -0.455 e. The standard InChI is InChI=1S/C24H21Cl2N5O2/c1-30-11-14-9-15(5-6-17(14)24(12-30)7-8-24)28-23-27-10-16-21(29-23)33-13-31(22(16)32)20-18(25)3-2-4-19(20)26/h2-6,9-10H,7-8,11-13H2,1H3,(H,27,28,29). The first-order chi connectivity index (χ1) is 15.9. The van der Waals surface area contributed by atoms with Crippen LogP contribution in [0, 0.1) is 0 Å². The van der Waals surface area contributed by atoms with Gasteiger partial charge in [-0.25, -0.2) is 4.98 Å². The highest BCUT2D eigenvalue weighted by Crippen LogP contribution is 2.52. The molecule has 1 N–H and O–H groups in total. The maximum Gasteiger partial charge on any atom is 0.268 e. The van der Waals surface area contributed by atoms with Crippen molar-refractivity contribution < 1.29 is 9.53 Å². The quantitative estimate of drug-likeness (QED) is 0.567. The van der Waals surface area contributed by atoms with Gasteiger partial charge in [0.05, 0.1) is 15.7 Å². The predicted octanol–water partition coefficient (Wildman–Crippen LogP) is 5.00. The van der Waals surface area contributed by atoms with Crippen molar-refractivity contribution in [3.05, 3.63) is 69.3 Å². The molecule has 1 saturated carbocycles. The summed E-state index contributed by atoms with van der Waals surface area (Å²) in [7, 11) is 2.17. The van der Waals surface area contributed by atoms with E-state index in [-0.39, 0.29) is 24.1 Å². The molecule has 1 aromatic heterocycles. The average Bonchev–Trinajstić information content (AvgIpc) is 3.54. The Morgan fingerprint density at radius 3 is 2.70 bits per heavy atom. The van der Waals surface area contributed by atoms with E-state index in [2.05, 4.69) is 45.4 Å². The number of rotatable bonds is 3. The van der Waals surface area contributed by atoms with E-state index in [4.69, 9.17) is 27.9 Å². The van der Waals surface area contributed by atoms with Crippen molar-refractivity contribution >= 4 is 46.4 Å². The number of anilines is 3. The summed E-state index contributed by atoms with van der Waals surface area (Å²) in [4.78, 5) is 25.6. The Hall–Kier alpha value is -2.87. The van der Waals surface area contributed by atoms with E-state index in [0.717, 1.165) is 18.8 Å². The zero-order valence-electron chi connectivity index (χ0n) is 17.9. The van der Waals surface area contributed by atoms with Gasteiger partial charge in [-0.15, -0.1) is 0 Å². The molecule has 3 heterocycles. The zero-order valence-corrected chi connectivity index (χ0v) is 19.5. The molecule has 3 aromatic rings. The van der Waals surface area contributed by atoms with E-state index < -0.39 is 0 Å². The zero-order chi connectivity index (χ0) is 22.7. The number of nitrogens with one attached hydrogen (secondary N) is 1. The van der Waals surface area contributed by atoms with Gasteiger partial charge >= 0.3 is 0 Å². The van der Waals surface area contributed by atoms with Crippen LogP contribution in [0.2, 0.25) is 10.0 Å². The van der Waals surface area contributed by atoms with Crippen LogP contribution in [0.25, 0.3) is 0 Å². The van der Waals surface area contributed by atoms with E-state index >= 15 is 0 Å². The summed E-state index contributed by atoms with van der Waals surface area (Å²) in [6, 6.07) is 11.5. The number of halogens is 2. The molecule has 0 saturated heterocycles. The van der Waals surface area contributed by atoms with Crippen LogP contribution in [0.1, 0.15) is 34.3 Å². The highest BCUT2D eigenvalue weighted by Gasteiger charge is 2.48. The van der Waals surface area contributed by atoms with E-state index in [0.29, 0.717) is 27.1 Å². The molecule has 1 amide bonds. The summed E-state index contributed by atoms with van der Waals surface area (Å²) in [5.41, 5.74) is 4.71. The van der Waals surface area contributed by atoms with E-state index in [9.17, 15) is 4.79 Å². The molecule has 168 valence electrons. The Morgan fingerprint density at radius 1 is 1.15 bits per heavy atom. The summed E-state index contributed by atoms with van der Waals surface area (Å²) in [5.74, 6) is 0.284. The predicted molar refractivity (Wildman–Crippen MR) is 128 cm³/mol. The molecule has 0 atom stereocenters. The molecule has 1 aliphatic carbocycles. The van der Waals surface area contributed by atoms with Crippen molar-refractivity contribution in [2.24, 2.45) is 0 Å². The van der Waals surface area contributed by atoms with Crippen LogP contribution in [0.15, 0.2) is 42.6 Å². The van der Waals surface area contributed by atoms with Gasteiger partial charge in [-0.05, 0) is 55.3 Å². The Morgan fingerprint density at radius 2 is 1.94 bits per heavy atom. The number of fused-ring (bicyclic) bond motifs is 3. The molecule has 0 bridgehead atoms. The molecule has 6 rings (SSSR count). The first kappa shape index (κ1) is 20.7. The minimum absolute atomic E-state index is 0.0427. The molecule has 33 heavy (non-hydrogen) atoms. The lowest BCUT2D eigenvalue weighted by Crippen LogP contribution is -2.39. The smallest absolute Gasteiger partial charge is 0.268 e. The van der Waals surface area contributed by atoms with Crippen LogP contribution >= 0.6 is 23.2 Å². The van der Waals surface area contributed by atoms with E-state index in [1.807, 2.05) is 0 Å². The summed E-state index contributed by atoms with van der Waals surface area (Å²) in [6.07, 6.45) is 3.98. The van der Waals surface area contributed by atoms with Gasteiger partial charge in [0.25, 0.3) is 5.91 Å². The number of aromatic nitrogens is 2. The molecular weight excluding hydrogens is 461 g/mol. The largest absolute Gasteiger partial charge is 0.455 e. The van der Waals surface area contributed by atoms with Gasteiger partial charge in [0, 0.05) is 30.4 Å². The molecule has 1 spiro atoms. The molecule has 2 aromatic carbocycles. The second-order valence-electron chi connectivity index (χ2n) is 8.94. The third-order valence-electron chi connectivity index (χ3n) is 6.57. The van der Waals surface area contributed by atoms with Gasteiger partial charge in [0.2, 0.25) is 11.8 Å². The number of ether oxygens (including phenoxy) is 1. The minimum atomic E-state index is -0.315. The van der Waals surface area contributed by atoms with Gasteiger partial charge in [0.1, 0.15) is 5.56 Å². The molecule has 0 unspecified atom stereocenters. The van der Waals surface area contributed by atoms with Crippen LogP contribution in [0.4, 0.5) is 17.3 Å². The van der Waals surface area contributed by atoms with Crippen molar-refractivity contribution in [3.63, 3.8) is 0 Å². The molecule has 7 nitrogen and oxygen atoms in total. The van der Waals surface area contributed by atoms with Gasteiger partial charge in [-0.3, -0.25) is 9.69 Å². The van der Waals surface area contributed by atoms with Crippen LogP contribution in [0.5, 0.6) is 5.88 Å². The lowest BCUT2D eigenvalue weighted by atomic mass is 9.87. The van der Waals surface area contributed by atoms with E-state index in [1.54, 1.807) is 18.2 Å². The third kappa shape index (κ3) is 3.51. The number of nitrogens with zero attached hydrogens (tertiary/aromatic N) is 4. The molecule has 9 heteroatoms. The van der Waals surface area contributed by atoms with Crippen LogP contribution in [-0.4, -0.2) is 41.1 Å². The first-order valence-electron chi connectivity index (χ1n) is 10.8. The van der Waals surface area contributed by atoms with Crippen molar-refractivity contribution in [2.45, 2.75) is 24.8 Å². The van der Waals surface area contributed by atoms with Crippen LogP contribution < -0.4 is 15.0 Å². The highest BCUT2D eigenvalue weighted by molar-refractivity contribution is 6.40. The van der Waals surface area contributed by atoms with Gasteiger partial charge in [-0.2, -0.15) is 4.98 Å². The third-order valence-corrected chi connectivity index (χ3v) is 7.18. The lowest BCUT2D eigenvalue weighted by molar-refractivity contribution is 0.0932. The Bertz CT molecular complexity index is 1270. The topological polar surface area (TPSA) is 70.6 Å². The molecule has 1 fully saturated rings. The maximum atomic E-state index is 13.1. The van der Waals surface area contributed by atoms with Crippen LogP contribution in [-0.2, 0) is 12.0 Å². The van der Waals surface area contributed by atoms with Crippen molar-refractivity contribution in [1.82, 2.24) is 14.9 Å². The van der Waals surface area contributed by atoms with Crippen molar-refractivity contribution in [1.29, 1.82) is 0 Å². The number of carbonyl (C=O) groups excluding carboxylic acids is 1. The molecule has 3 aliphatic rings. The Kier molecular flexibility index (Phi) is 4.76. The Balaban J connectivity index is 1.25. The average molecular weight is 482 g/mol. The summed E-state index contributed by atoms with van der Waals surface area (Å²) < 4.78 is 5.78. The monoisotopic (exact) mass is 481 g/mol. The fraction of sp³-hybridized carbons (Fsp3) is 0.292. The fourth-order valence-corrected chi connectivity index (χ4v) is 5.50. The second-order valence-corrected chi connectivity index (χ2v) is 9.75. The second kappa shape index (κ2) is 7.58. The lowest BCUT2D eigenvalue weighted by Gasteiger charge is -2.33. The molecular formula is C24H21Cl2N5O2. The maximum absolute atomic E-state index is 13.1. The fourth-order valence-electron chi connectivity index (χ4n) is 4.90. The summed E-state index contributed by atoms with van der Waals surface area (Å²) in [6.45, 7) is 2.01. The van der Waals surface area contributed by atoms with E-state index in [1.165, 1.54) is 35.1 Å². The number of hydrogen-bond acceptors (Lipinski definition) is 6. The number of para-hydroxylation sites is 1. The number of benzene rings is 2. The number of amides is 1. The van der Waals surface area contributed by atoms with Gasteiger partial charge < -0.3 is 15.0 Å². The number of carbonyl (C=O) groups is 1. The Labute approximate surface area is 201 Å². The number of hydrogen-bond donors (Lipinski definition) is 1. The highest BCUT2D eigenvalue weighted by atomic mass is 35.5. The normalized spacial score (nSPS) is 18.5. The van der Waals surface area contributed by atoms with Crippen LogP contribution in [0.3, 0.4) is 0 Å². The summed E-state index contributed by atoms with van der Waals surface area (Å²) >= 11 is 12.5. The van der Waals surface area contributed by atoms with Crippen molar-refractivity contribution in [2.75, 3.05) is 30.5 Å². The first-order valence-corrected chi connectivity index (χ1v) is 11.5. The van der Waals surface area contributed by atoms with Crippen molar-refractivity contribution in [3.8, 4) is 5.88 Å². The molecule has 2 aliphatic heterocycles. The SMILES string of the molecule is CN1Cc2cc(Nc3ncc4c(n3)OCN(c3c(Cl)cccc3Cl)C4=O)ccc2C2(CC2)C1. The molecule has 0 radical (unpaired) electrons.